The lowest BCUT2D eigenvalue weighted by Gasteiger charge is -2.19. The Morgan fingerprint density at radius 3 is 2.74 bits per heavy atom. The SMILES string of the molecule is CC(CC(=O)Nc1ccc2c(c1F)CCNC2)C(=O)c1cccc(F)c1.Cl. The predicted molar refractivity (Wildman–Crippen MR) is 102 cm³/mol. The quantitative estimate of drug-likeness (QED) is 0.757. The molecular weight excluding hydrogens is 374 g/mol. The molecular formula is C20H21ClF2N2O2. The second-order valence-corrected chi connectivity index (χ2v) is 6.52. The molecule has 1 amide bonds. The number of anilines is 1. The van der Waals surface area contributed by atoms with E-state index >= 15 is 0 Å². The lowest BCUT2D eigenvalue weighted by Crippen LogP contribution is -2.25. The summed E-state index contributed by atoms with van der Waals surface area (Å²) in [5, 5.41) is 5.72. The van der Waals surface area contributed by atoms with E-state index in [1.807, 2.05) is 0 Å². The fourth-order valence-corrected chi connectivity index (χ4v) is 3.13. The minimum atomic E-state index is -0.637. The van der Waals surface area contributed by atoms with Crippen LogP contribution in [0.15, 0.2) is 36.4 Å². The number of ketones is 1. The van der Waals surface area contributed by atoms with Gasteiger partial charge >= 0.3 is 0 Å². The third-order valence-corrected chi connectivity index (χ3v) is 4.53. The molecule has 0 radical (unpaired) electrons. The van der Waals surface area contributed by atoms with Crippen molar-refractivity contribution in [2.75, 3.05) is 11.9 Å². The van der Waals surface area contributed by atoms with Crippen LogP contribution in [-0.2, 0) is 17.8 Å². The number of fused-ring (bicyclic) bond motifs is 1. The Hall–Kier alpha value is -2.31. The van der Waals surface area contributed by atoms with Gasteiger partial charge in [-0.25, -0.2) is 8.78 Å². The summed E-state index contributed by atoms with van der Waals surface area (Å²) in [5.74, 6) is -2.33. The van der Waals surface area contributed by atoms with Crippen LogP contribution in [0.4, 0.5) is 14.5 Å². The molecule has 144 valence electrons. The first-order chi connectivity index (χ1) is 12.5. The Morgan fingerprint density at radius 2 is 2.00 bits per heavy atom. The van der Waals surface area contributed by atoms with Gasteiger partial charge in [-0.3, -0.25) is 9.59 Å². The maximum Gasteiger partial charge on any atom is 0.225 e. The van der Waals surface area contributed by atoms with Gasteiger partial charge in [0.2, 0.25) is 5.91 Å². The molecule has 2 aromatic rings. The number of benzene rings is 2. The summed E-state index contributed by atoms with van der Waals surface area (Å²) in [6, 6.07) is 8.69. The van der Waals surface area contributed by atoms with Crippen LogP contribution in [0, 0.1) is 17.6 Å². The first-order valence-electron chi connectivity index (χ1n) is 8.56. The summed E-state index contributed by atoms with van der Waals surface area (Å²) in [6.45, 7) is 2.90. The van der Waals surface area contributed by atoms with E-state index in [-0.39, 0.29) is 35.9 Å². The van der Waals surface area contributed by atoms with Gasteiger partial charge in [0.05, 0.1) is 5.69 Å². The number of halogens is 3. The first kappa shape index (κ1) is 21.0. The molecule has 1 heterocycles. The summed E-state index contributed by atoms with van der Waals surface area (Å²) in [5.41, 5.74) is 1.85. The van der Waals surface area contributed by atoms with Gasteiger partial charge in [-0.15, -0.1) is 12.4 Å². The number of hydrogen-bond acceptors (Lipinski definition) is 3. The molecule has 3 rings (SSSR count). The molecule has 4 nitrogen and oxygen atoms in total. The summed E-state index contributed by atoms with van der Waals surface area (Å²) < 4.78 is 27.8. The molecule has 0 saturated carbocycles. The maximum atomic E-state index is 14.6. The Kier molecular flexibility index (Phi) is 7.05. The fraction of sp³-hybridized carbons (Fsp3) is 0.300. The molecule has 0 spiro atoms. The molecule has 0 aromatic heterocycles. The van der Waals surface area contributed by atoms with Crippen molar-refractivity contribution >= 4 is 29.8 Å². The summed E-state index contributed by atoms with van der Waals surface area (Å²) in [7, 11) is 0. The molecule has 0 fully saturated rings. The molecule has 2 aromatic carbocycles. The summed E-state index contributed by atoms with van der Waals surface area (Å²) in [4.78, 5) is 24.5. The number of amides is 1. The average molecular weight is 395 g/mol. The molecule has 1 aliphatic heterocycles. The highest BCUT2D eigenvalue weighted by atomic mass is 35.5. The number of rotatable bonds is 5. The molecule has 7 heteroatoms. The highest BCUT2D eigenvalue weighted by Gasteiger charge is 2.21. The molecule has 0 bridgehead atoms. The first-order valence-corrected chi connectivity index (χ1v) is 8.56. The van der Waals surface area contributed by atoms with Crippen molar-refractivity contribution in [3.63, 3.8) is 0 Å². The van der Waals surface area contributed by atoms with Crippen LogP contribution < -0.4 is 10.6 Å². The van der Waals surface area contributed by atoms with Crippen molar-refractivity contribution in [3.8, 4) is 0 Å². The van der Waals surface area contributed by atoms with E-state index in [1.54, 1.807) is 13.0 Å². The highest BCUT2D eigenvalue weighted by molar-refractivity contribution is 6.01. The molecule has 1 aliphatic rings. The lowest BCUT2D eigenvalue weighted by atomic mass is 9.95. The molecule has 1 unspecified atom stereocenters. The highest BCUT2D eigenvalue weighted by Crippen LogP contribution is 2.25. The van der Waals surface area contributed by atoms with Crippen LogP contribution in [0.25, 0.3) is 0 Å². The fourth-order valence-electron chi connectivity index (χ4n) is 3.13. The van der Waals surface area contributed by atoms with Gasteiger partial charge < -0.3 is 10.6 Å². The van der Waals surface area contributed by atoms with E-state index in [9.17, 15) is 18.4 Å². The van der Waals surface area contributed by atoms with E-state index in [0.717, 1.165) is 11.6 Å². The van der Waals surface area contributed by atoms with Crippen LogP contribution in [-0.4, -0.2) is 18.2 Å². The van der Waals surface area contributed by atoms with Gasteiger partial charge in [0.1, 0.15) is 11.6 Å². The number of Topliss-reactive ketones (excluding diaryl/α,β-unsaturated/α-hetero) is 1. The number of carbonyl (C=O) groups excluding carboxylic acids is 2. The third kappa shape index (κ3) is 4.90. The molecule has 0 aliphatic carbocycles. The van der Waals surface area contributed by atoms with Crippen molar-refractivity contribution in [1.82, 2.24) is 5.32 Å². The number of carbonyl (C=O) groups is 2. The van der Waals surface area contributed by atoms with E-state index in [4.69, 9.17) is 0 Å². The molecule has 27 heavy (non-hydrogen) atoms. The van der Waals surface area contributed by atoms with Crippen LogP contribution in [0.2, 0.25) is 0 Å². The molecule has 0 saturated heterocycles. The largest absolute Gasteiger partial charge is 0.324 e. The van der Waals surface area contributed by atoms with Crippen LogP contribution in [0.3, 0.4) is 0 Å². The summed E-state index contributed by atoms with van der Waals surface area (Å²) >= 11 is 0. The maximum absolute atomic E-state index is 14.6. The van der Waals surface area contributed by atoms with Gasteiger partial charge in [0, 0.05) is 24.4 Å². The second-order valence-electron chi connectivity index (χ2n) is 6.52. The van der Waals surface area contributed by atoms with Gasteiger partial charge in [0.25, 0.3) is 0 Å². The van der Waals surface area contributed by atoms with Crippen LogP contribution in [0.5, 0.6) is 0 Å². The second kappa shape index (κ2) is 9.06. The standard InChI is InChI=1S/C20H20F2N2O2.ClH/c1-12(20(26)13-3-2-4-15(21)10-13)9-18(25)24-17-6-5-14-11-23-8-7-16(14)19(17)22;/h2-6,10,12,23H,7-9,11H2,1H3,(H,24,25);1H. The lowest BCUT2D eigenvalue weighted by molar-refractivity contribution is -0.116. The average Bonchev–Trinajstić information content (AvgIpc) is 2.63. The van der Waals surface area contributed by atoms with Crippen molar-refractivity contribution in [2.45, 2.75) is 26.3 Å². The molecule has 2 N–H and O–H groups in total. The predicted octanol–water partition coefficient (Wildman–Crippen LogP) is 3.88. The summed E-state index contributed by atoms with van der Waals surface area (Å²) in [6.07, 6.45) is 0.465. The smallest absolute Gasteiger partial charge is 0.225 e. The zero-order valence-corrected chi connectivity index (χ0v) is 15.7. The van der Waals surface area contributed by atoms with Gasteiger partial charge in [-0.05, 0) is 42.3 Å². The minimum absolute atomic E-state index is 0. The third-order valence-electron chi connectivity index (χ3n) is 4.53. The Balaban J connectivity index is 0.00000261. The van der Waals surface area contributed by atoms with E-state index in [1.165, 1.54) is 24.3 Å². The Labute approximate surface area is 162 Å². The zero-order chi connectivity index (χ0) is 18.7. The molecule has 1 atom stereocenters. The zero-order valence-electron chi connectivity index (χ0n) is 14.9. The Bertz CT molecular complexity index is 858. The van der Waals surface area contributed by atoms with Gasteiger partial charge in [-0.2, -0.15) is 0 Å². The minimum Gasteiger partial charge on any atom is -0.324 e. The normalized spacial score (nSPS) is 13.9. The topological polar surface area (TPSA) is 58.2 Å². The van der Waals surface area contributed by atoms with Crippen LogP contribution in [0.1, 0.15) is 34.8 Å². The van der Waals surface area contributed by atoms with Crippen LogP contribution >= 0.6 is 12.4 Å². The monoisotopic (exact) mass is 394 g/mol. The van der Waals surface area contributed by atoms with Crippen molar-refractivity contribution in [3.05, 3.63) is 64.7 Å². The number of nitrogens with one attached hydrogen (secondary N) is 2. The van der Waals surface area contributed by atoms with Gasteiger partial charge in [0.15, 0.2) is 5.78 Å². The van der Waals surface area contributed by atoms with E-state index in [2.05, 4.69) is 10.6 Å². The van der Waals surface area contributed by atoms with E-state index in [0.29, 0.717) is 25.1 Å². The van der Waals surface area contributed by atoms with Crippen molar-refractivity contribution in [2.24, 2.45) is 5.92 Å². The van der Waals surface area contributed by atoms with E-state index < -0.39 is 23.5 Å². The van der Waals surface area contributed by atoms with Crippen molar-refractivity contribution in [1.29, 1.82) is 0 Å². The number of hydrogen-bond donors (Lipinski definition) is 2. The van der Waals surface area contributed by atoms with Crippen molar-refractivity contribution < 1.29 is 18.4 Å². The Morgan fingerprint density at radius 1 is 1.22 bits per heavy atom. The van der Waals surface area contributed by atoms with Gasteiger partial charge in [-0.1, -0.05) is 25.1 Å².